The summed E-state index contributed by atoms with van der Waals surface area (Å²) in [6.45, 7) is 25.8. The van der Waals surface area contributed by atoms with E-state index in [4.69, 9.17) is 71.1 Å². The van der Waals surface area contributed by atoms with Crippen molar-refractivity contribution >= 4 is 76.4 Å². The Hall–Kier alpha value is -11.4. The first kappa shape index (κ1) is 114. The molecule has 3 aliphatic rings. The van der Waals surface area contributed by atoms with E-state index in [1.54, 1.807) is 181 Å². The number of ketones is 2. The predicted octanol–water partition coefficient (Wildman–Crippen LogP) is 12.2. The number of halogens is 1. The molecule has 28 nitrogen and oxygen atoms in total. The quantitative estimate of drug-likeness (QED) is 0.00734. The van der Waals surface area contributed by atoms with Crippen LogP contribution in [0, 0.1) is 6.07 Å². The minimum absolute atomic E-state index is 0. The van der Waals surface area contributed by atoms with Crippen LogP contribution in [0.15, 0.2) is 220 Å². The average Bonchev–Trinajstić information content (AvgIpc) is 0.799. The van der Waals surface area contributed by atoms with Crippen LogP contribution in [0.5, 0.6) is 40.2 Å². The molecule has 686 valence electrons. The summed E-state index contributed by atoms with van der Waals surface area (Å²) in [7, 11) is 11.1. The number of carbonyl (C=O) groups is 9. The van der Waals surface area contributed by atoms with Crippen molar-refractivity contribution in [1.82, 2.24) is 0 Å². The zero-order valence-corrected chi connectivity index (χ0v) is 78.2. The number of esters is 6. The second kappa shape index (κ2) is 61.9. The van der Waals surface area contributed by atoms with Gasteiger partial charge in [-0.3, -0.25) is 14.4 Å². The fourth-order valence-electron chi connectivity index (χ4n) is 12.3. The summed E-state index contributed by atoms with van der Waals surface area (Å²) in [6, 6.07) is 52.3. The molecule has 0 saturated carbocycles. The SMILES string of the molecule is C=CCC(O)(C(=O)OCC)c1ccc(OC)cc1.C=CCOC(CC=C)(C(=O)OCC)c1ccc(OC)cc1.CCOC(=O)C(=O)c1ccc(OC)cc1.CCOC(=O)C(C)=O.CCOC(=O)C1(c2ccc(OC)cc2)CC=COC1.CCOC(=O)C1(c2ccc(OC)cc2)CCCCO1.COc1cc[c-]cc1.COc1ccc(C2(C(=O)O)CCCCO2)cc1.[Br-].[Mg+2]. The van der Waals surface area contributed by atoms with Gasteiger partial charge >= 0.3 is 64.8 Å². The maximum atomic E-state index is 12.5. The molecule has 3 aliphatic heterocycles. The Morgan fingerprint density at radius 2 is 0.827 bits per heavy atom. The Balaban J connectivity index is 0.000000735. The third-order valence-electron chi connectivity index (χ3n) is 18.9. The van der Waals surface area contributed by atoms with Crippen LogP contribution in [-0.2, 0) is 114 Å². The maximum absolute atomic E-state index is 12.5. The number of carbonyl (C=O) groups excluding carboxylic acids is 8. The molecule has 3 heterocycles. The number of Topliss-reactive ketones (excluding diaryl/α,β-unsaturated/α-hetero) is 2. The van der Waals surface area contributed by atoms with Gasteiger partial charge in [0.15, 0.2) is 22.4 Å². The van der Waals surface area contributed by atoms with Gasteiger partial charge in [-0.2, -0.15) is 18.2 Å². The zero-order chi connectivity index (χ0) is 92.7. The number of rotatable bonds is 33. The summed E-state index contributed by atoms with van der Waals surface area (Å²) in [6.07, 6.45) is 14.1. The number of allylic oxidation sites excluding steroid dienone is 1. The van der Waals surface area contributed by atoms with E-state index in [9.17, 15) is 53.4 Å². The van der Waals surface area contributed by atoms with E-state index >= 15 is 0 Å². The molecule has 0 radical (unpaired) electrons. The van der Waals surface area contributed by atoms with Gasteiger partial charge in [-0.25, -0.2) is 28.8 Å². The van der Waals surface area contributed by atoms with Crippen molar-refractivity contribution in [3.05, 3.63) is 260 Å². The molecule has 30 heteroatoms. The van der Waals surface area contributed by atoms with Crippen LogP contribution in [0.2, 0.25) is 0 Å². The molecule has 2 N–H and O–H groups in total. The van der Waals surface area contributed by atoms with Crippen molar-refractivity contribution in [3.63, 3.8) is 0 Å². The monoisotopic (exact) mass is 1840 g/mol. The molecule has 10 rings (SSSR count). The van der Waals surface area contributed by atoms with E-state index in [-0.39, 0.29) is 91.4 Å². The second-order valence-electron chi connectivity index (χ2n) is 26.8. The molecule has 0 spiro atoms. The molecular formula is C97H121BrMgO28. The summed E-state index contributed by atoms with van der Waals surface area (Å²) in [4.78, 5) is 103. The van der Waals surface area contributed by atoms with Gasteiger partial charge in [0.2, 0.25) is 5.78 Å². The van der Waals surface area contributed by atoms with Crippen LogP contribution in [0.4, 0.5) is 0 Å². The molecule has 0 bridgehead atoms. The van der Waals surface area contributed by atoms with E-state index in [2.05, 4.69) is 35.3 Å². The molecule has 2 fully saturated rings. The molecule has 5 unspecified atom stereocenters. The van der Waals surface area contributed by atoms with Gasteiger partial charge in [-0.05, 0) is 205 Å². The van der Waals surface area contributed by atoms with Gasteiger partial charge in [0.05, 0.1) is 102 Å². The number of carboxylic acids is 1. The summed E-state index contributed by atoms with van der Waals surface area (Å²) >= 11 is 0. The average molecular weight is 1840 g/mol. The molecule has 2 saturated heterocycles. The third kappa shape index (κ3) is 35.1. The van der Waals surface area contributed by atoms with Gasteiger partial charge in [-0.1, -0.05) is 78.9 Å². The number of carboxylic acid groups (broad SMARTS) is 1. The molecular weight excluding hydrogens is 1720 g/mol. The topological polar surface area (TPSA) is 351 Å². The molecule has 0 amide bonds. The van der Waals surface area contributed by atoms with Crippen LogP contribution in [-0.4, -0.2) is 202 Å². The summed E-state index contributed by atoms with van der Waals surface area (Å²) in [5.74, 6) is -0.222. The number of aliphatic hydroxyl groups is 1. The maximum Gasteiger partial charge on any atom is 2.00 e. The van der Waals surface area contributed by atoms with Crippen molar-refractivity contribution in [2.24, 2.45) is 0 Å². The fourth-order valence-corrected chi connectivity index (χ4v) is 12.3. The van der Waals surface area contributed by atoms with Gasteiger partial charge in [-0.15, -0.1) is 31.9 Å². The van der Waals surface area contributed by atoms with Crippen LogP contribution in [0.3, 0.4) is 0 Å². The van der Waals surface area contributed by atoms with Crippen LogP contribution < -0.4 is 50.1 Å². The molecule has 127 heavy (non-hydrogen) atoms. The van der Waals surface area contributed by atoms with Crippen molar-refractivity contribution in [2.45, 2.75) is 134 Å². The standard InChI is InChI=1S/C17H22O4.C15H18O4.C15H20O4.C14H18O4.C13H16O4.C11H12O4.C7H7O.C5H8O3.BrH.Mg/c1-5-12-17(21-13-6-2,16(18)20-7-3)14-8-10-15(19-4)11-9-14;1-3-19-14(16)15(9-4-10-18-11-15)12-5-7-13(17-2)8-6-12;1-3-18-14(16)15(10-4-5-11-19-15)12-6-8-13(17-2)9-7-12;1-4-10-14(16,13(15)18-5-2)11-6-8-12(17-3)9-7-11;1-16-11-6-4-10(5-7-11)13(12(14)15)8-2-3-9-17-13;1-3-15-11(13)10(12)8-4-6-9(14-2)7-5-8;1-8-7-5-3-2-4-6-7;1-3-8-5(7)4(2)6;;/h5-6,8-11H,1-2,7,12-13H2,3-4H3;4-8,10H,3,9,11H2,1-2H3;6-9H,3-5,10-11H2,1-2H3;4,6-9,16H,1,5,10H2,2-3H3;4-7H,2-3,8-9H2,1H3,(H,14,15);4-7H,3H2,1-2H3;3-6H,1H3;3H2,1-2H3;1H;/q;;;;;;-1;;;+2/p-1. The van der Waals surface area contributed by atoms with E-state index in [0.717, 1.165) is 54.1 Å². The number of aliphatic carboxylic acids is 1. The Bertz CT molecular complexity index is 4440. The summed E-state index contributed by atoms with van der Waals surface area (Å²) < 4.78 is 87.3. The third-order valence-corrected chi connectivity index (χ3v) is 18.9. The summed E-state index contributed by atoms with van der Waals surface area (Å²) in [5.41, 5.74) is -1.91. The van der Waals surface area contributed by atoms with Gasteiger partial charge in [0.25, 0.3) is 5.78 Å². The molecule has 7 aromatic carbocycles. The van der Waals surface area contributed by atoms with E-state index < -0.39 is 69.2 Å². The van der Waals surface area contributed by atoms with E-state index in [0.29, 0.717) is 104 Å². The number of benzene rings is 7. The van der Waals surface area contributed by atoms with Gasteiger partial charge in [0.1, 0.15) is 46.5 Å². The fraction of sp³-hybridized carbons (Fsp3) is 0.392. The Morgan fingerprint density at radius 1 is 0.449 bits per heavy atom. The van der Waals surface area contributed by atoms with Crippen molar-refractivity contribution in [1.29, 1.82) is 0 Å². The minimum Gasteiger partial charge on any atom is -1.00 e. The Morgan fingerprint density at radius 3 is 1.19 bits per heavy atom. The van der Waals surface area contributed by atoms with Gasteiger partial charge < -0.3 is 108 Å². The first-order chi connectivity index (χ1) is 60.2. The second-order valence-corrected chi connectivity index (χ2v) is 26.8. The molecule has 0 aromatic heterocycles. The van der Waals surface area contributed by atoms with Crippen molar-refractivity contribution in [2.75, 3.05) is 116 Å². The Kier molecular flexibility index (Phi) is 55.4. The first-order valence-electron chi connectivity index (χ1n) is 40.6. The number of ether oxygens (including phenoxy) is 17. The van der Waals surface area contributed by atoms with E-state index in [1.165, 1.54) is 32.2 Å². The predicted molar refractivity (Wildman–Crippen MR) is 474 cm³/mol. The number of hydrogen-bond donors (Lipinski definition) is 2. The minimum atomic E-state index is -1.69. The van der Waals surface area contributed by atoms with E-state index in [1.807, 2.05) is 85.8 Å². The molecule has 0 aliphatic carbocycles. The smallest absolute Gasteiger partial charge is 1.00 e. The van der Waals surface area contributed by atoms with Crippen molar-refractivity contribution < 1.29 is 151 Å². The summed E-state index contributed by atoms with van der Waals surface area (Å²) in [5, 5.41) is 19.9. The first-order valence-corrected chi connectivity index (χ1v) is 40.6. The van der Waals surface area contributed by atoms with Gasteiger partial charge in [0, 0.05) is 44.3 Å². The van der Waals surface area contributed by atoms with Crippen LogP contribution in [0.25, 0.3) is 0 Å². The zero-order valence-electron chi connectivity index (χ0n) is 75.2. The normalized spacial score (nSPS) is 16.1. The number of hydrogen-bond acceptors (Lipinski definition) is 27. The molecule has 7 aromatic rings. The van der Waals surface area contributed by atoms with Crippen LogP contribution >= 0.6 is 0 Å². The Labute approximate surface area is 772 Å². The molecule has 5 atom stereocenters. The van der Waals surface area contributed by atoms with Crippen LogP contribution in [0.1, 0.15) is 144 Å². The largest absolute Gasteiger partial charge is 2.00 e. The number of methoxy groups -OCH3 is 7. The van der Waals surface area contributed by atoms with Crippen molar-refractivity contribution in [3.8, 4) is 40.2 Å².